The highest BCUT2D eigenvalue weighted by Crippen LogP contribution is 2.38. The summed E-state index contributed by atoms with van der Waals surface area (Å²) in [6, 6.07) is 5.23. The molecule has 1 saturated heterocycles. The quantitative estimate of drug-likeness (QED) is 0.831. The van der Waals surface area contributed by atoms with Gasteiger partial charge in [-0.1, -0.05) is 0 Å². The fourth-order valence-electron chi connectivity index (χ4n) is 2.75. The van der Waals surface area contributed by atoms with Gasteiger partial charge in [0.05, 0.1) is 17.5 Å². The molecule has 0 saturated carbocycles. The molecule has 2 aliphatic rings. The van der Waals surface area contributed by atoms with E-state index < -0.39 is 9.84 Å². The number of phenolic OH excluding ortho intramolecular Hbond substituents is 1. The molecule has 3 rings (SSSR count). The SMILES string of the molecule is O=S1(=O)CCCN(C2COc3cc(O)ccc32)CC1. The molecule has 2 heterocycles. The Kier molecular flexibility index (Phi) is 3.14. The molecule has 1 atom stereocenters. The van der Waals surface area contributed by atoms with E-state index in [-0.39, 0.29) is 23.3 Å². The summed E-state index contributed by atoms with van der Waals surface area (Å²) in [4.78, 5) is 2.17. The lowest BCUT2D eigenvalue weighted by molar-refractivity contribution is 0.174. The number of sulfone groups is 1. The molecule has 1 unspecified atom stereocenters. The minimum absolute atomic E-state index is 0.101. The summed E-state index contributed by atoms with van der Waals surface area (Å²) < 4.78 is 28.8. The van der Waals surface area contributed by atoms with Crippen LogP contribution in [-0.2, 0) is 9.84 Å². The van der Waals surface area contributed by atoms with Gasteiger partial charge in [-0.2, -0.15) is 0 Å². The molecular weight excluding hydrogens is 266 g/mol. The van der Waals surface area contributed by atoms with Crippen molar-refractivity contribution in [3.05, 3.63) is 23.8 Å². The van der Waals surface area contributed by atoms with E-state index >= 15 is 0 Å². The third kappa shape index (κ3) is 2.55. The highest BCUT2D eigenvalue weighted by Gasteiger charge is 2.31. The summed E-state index contributed by atoms with van der Waals surface area (Å²) in [5, 5.41) is 9.43. The second-order valence-corrected chi connectivity index (χ2v) is 7.39. The first-order valence-corrected chi connectivity index (χ1v) is 8.27. The summed E-state index contributed by atoms with van der Waals surface area (Å²) in [5.41, 5.74) is 1.04. The van der Waals surface area contributed by atoms with Crippen LogP contribution >= 0.6 is 0 Å². The first kappa shape index (κ1) is 12.7. The van der Waals surface area contributed by atoms with Crippen LogP contribution in [0.3, 0.4) is 0 Å². The molecule has 5 nitrogen and oxygen atoms in total. The van der Waals surface area contributed by atoms with E-state index in [4.69, 9.17) is 4.74 Å². The number of rotatable bonds is 1. The van der Waals surface area contributed by atoms with Crippen LogP contribution in [0.15, 0.2) is 18.2 Å². The summed E-state index contributed by atoms with van der Waals surface area (Å²) >= 11 is 0. The maximum atomic E-state index is 11.6. The average Bonchev–Trinajstić information content (AvgIpc) is 2.67. The third-order valence-corrected chi connectivity index (χ3v) is 5.50. The molecule has 1 aromatic rings. The summed E-state index contributed by atoms with van der Waals surface area (Å²) in [6.07, 6.45) is 0.673. The number of phenols is 1. The van der Waals surface area contributed by atoms with E-state index in [2.05, 4.69) is 4.90 Å². The van der Waals surface area contributed by atoms with Crippen molar-refractivity contribution in [3.63, 3.8) is 0 Å². The van der Waals surface area contributed by atoms with Crippen LogP contribution < -0.4 is 4.74 Å². The normalized spacial score (nSPS) is 26.4. The molecule has 104 valence electrons. The van der Waals surface area contributed by atoms with Gasteiger partial charge in [0, 0.05) is 18.2 Å². The van der Waals surface area contributed by atoms with Gasteiger partial charge in [-0.25, -0.2) is 8.42 Å². The predicted molar refractivity (Wildman–Crippen MR) is 71.2 cm³/mol. The van der Waals surface area contributed by atoms with Gasteiger partial charge in [-0.15, -0.1) is 0 Å². The van der Waals surface area contributed by atoms with Gasteiger partial charge in [0.2, 0.25) is 0 Å². The lowest BCUT2D eigenvalue weighted by Gasteiger charge is -2.25. The van der Waals surface area contributed by atoms with E-state index in [1.165, 1.54) is 0 Å². The van der Waals surface area contributed by atoms with E-state index in [9.17, 15) is 13.5 Å². The van der Waals surface area contributed by atoms with Crippen molar-refractivity contribution in [3.8, 4) is 11.5 Å². The predicted octanol–water partition coefficient (Wildman–Crippen LogP) is 0.946. The standard InChI is InChI=1S/C13H17NO4S/c15-10-2-3-11-12(9-18-13(11)8-10)14-4-1-6-19(16,17)7-5-14/h2-3,8,12,15H,1,4-7,9H2. The van der Waals surface area contributed by atoms with Crippen molar-refractivity contribution in [1.29, 1.82) is 0 Å². The number of hydrogen-bond acceptors (Lipinski definition) is 5. The van der Waals surface area contributed by atoms with Gasteiger partial charge in [0.15, 0.2) is 9.84 Å². The highest BCUT2D eigenvalue weighted by atomic mass is 32.2. The molecule has 1 N–H and O–H groups in total. The number of ether oxygens (including phenoxy) is 1. The molecule has 1 aromatic carbocycles. The number of fused-ring (bicyclic) bond motifs is 1. The Morgan fingerprint density at radius 2 is 2.11 bits per heavy atom. The number of aromatic hydroxyl groups is 1. The van der Waals surface area contributed by atoms with Crippen molar-refractivity contribution in [2.24, 2.45) is 0 Å². The molecule has 6 heteroatoms. The zero-order chi connectivity index (χ0) is 13.5. The Morgan fingerprint density at radius 1 is 1.26 bits per heavy atom. The molecule has 0 spiro atoms. The smallest absolute Gasteiger partial charge is 0.151 e. The van der Waals surface area contributed by atoms with Crippen molar-refractivity contribution in [1.82, 2.24) is 4.90 Å². The van der Waals surface area contributed by atoms with Gasteiger partial charge in [-0.3, -0.25) is 4.90 Å². The van der Waals surface area contributed by atoms with E-state index in [1.807, 2.05) is 6.07 Å². The van der Waals surface area contributed by atoms with Crippen LogP contribution in [0, 0.1) is 0 Å². The van der Waals surface area contributed by atoms with Crippen LogP contribution in [0.4, 0.5) is 0 Å². The summed E-state index contributed by atoms with van der Waals surface area (Å²) in [7, 11) is -2.89. The first-order chi connectivity index (χ1) is 9.05. The van der Waals surface area contributed by atoms with E-state index in [0.717, 1.165) is 12.1 Å². The number of benzene rings is 1. The Hall–Kier alpha value is -1.27. The van der Waals surface area contributed by atoms with Crippen molar-refractivity contribution in [2.75, 3.05) is 31.2 Å². The maximum absolute atomic E-state index is 11.6. The Labute approximate surface area is 112 Å². The average molecular weight is 283 g/mol. The monoisotopic (exact) mass is 283 g/mol. The van der Waals surface area contributed by atoms with Crippen LogP contribution in [-0.4, -0.2) is 49.6 Å². The molecule has 0 amide bonds. The van der Waals surface area contributed by atoms with Crippen molar-refractivity contribution < 1.29 is 18.3 Å². The topological polar surface area (TPSA) is 66.8 Å². The van der Waals surface area contributed by atoms with Crippen LogP contribution in [0.1, 0.15) is 18.0 Å². The molecule has 1 fully saturated rings. The summed E-state index contributed by atoms with van der Waals surface area (Å²) in [6.45, 7) is 1.85. The van der Waals surface area contributed by atoms with Gasteiger partial charge < -0.3 is 9.84 Å². The van der Waals surface area contributed by atoms with Gasteiger partial charge in [0.1, 0.15) is 18.1 Å². The largest absolute Gasteiger partial charge is 0.508 e. The van der Waals surface area contributed by atoms with Gasteiger partial charge in [0.25, 0.3) is 0 Å². The number of hydrogen-bond donors (Lipinski definition) is 1. The van der Waals surface area contributed by atoms with Crippen LogP contribution in [0.5, 0.6) is 11.5 Å². The Balaban J connectivity index is 1.82. The molecule has 2 aliphatic heterocycles. The van der Waals surface area contributed by atoms with Crippen LogP contribution in [0.25, 0.3) is 0 Å². The number of nitrogens with zero attached hydrogens (tertiary/aromatic N) is 1. The molecule has 0 radical (unpaired) electrons. The summed E-state index contributed by atoms with van der Waals surface area (Å²) in [5.74, 6) is 1.39. The lowest BCUT2D eigenvalue weighted by Crippen LogP contribution is -2.32. The highest BCUT2D eigenvalue weighted by molar-refractivity contribution is 7.91. The Bertz CT molecular complexity index is 584. The second kappa shape index (κ2) is 4.68. The molecule has 19 heavy (non-hydrogen) atoms. The minimum Gasteiger partial charge on any atom is -0.508 e. The van der Waals surface area contributed by atoms with Gasteiger partial charge in [-0.05, 0) is 25.1 Å². The maximum Gasteiger partial charge on any atom is 0.151 e. The van der Waals surface area contributed by atoms with Crippen LogP contribution in [0.2, 0.25) is 0 Å². The zero-order valence-corrected chi connectivity index (χ0v) is 11.4. The zero-order valence-electron chi connectivity index (χ0n) is 10.6. The molecule has 0 bridgehead atoms. The third-order valence-electron chi connectivity index (χ3n) is 3.78. The lowest BCUT2D eigenvalue weighted by atomic mass is 10.1. The van der Waals surface area contributed by atoms with E-state index in [1.54, 1.807) is 12.1 Å². The molecule has 0 aliphatic carbocycles. The molecular formula is C13H17NO4S. The van der Waals surface area contributed by atoms with E-state index in [0.29, 0.717) is 25.3 Å². The van der Waals surface area contributed by atoms with Crippen molar-refractivity contribution >= 4 is 9.84 Å². The fourth-order valence-corrected chi connectivity index (χ4v) is 4.04. The second-order valence-electron chi connectivity index (χ2n) is 5.09. The minimum atomic E-state index is -2.89. The molecule has 0 aromatic heterocycles. The Morgan fingerprint density at radius 3 is 2.95 bits per heavy atom. The van der Waals surface area contributed by atoms with Crippen molar-refractivity contribution in [2.45, 2.75) is 12.5 Å². The fraction of sp³-hybridized carbons (Fsp3) is 0.538. The first-order valence-electron chi connectivity index (χ1n) is 6.45. The van der Waals surface area contributed by atoms with Gasteiger partial charge >= 0.3 is 0 Å².